The number of carbonyl (C=O) groups is 1. The molecule has 0 radical (unpaired) electrons. The standard InChI is InChI=1S/C25H24ClN5O3/c1-17(32)31(2)12-13-33-23-8-5-7-21-24(23)25(29-16-28-21)30-18-9-10-22(20(26)14-18)34-15-19-6-3-4-11-27-19/h3-11,14,16H,12-13,15H2,1-2H3,(H,28,29,30). The van der Waals surface area contributed by atoms with E-state index in [1.807, 2.05) is 42.5 Å². The fourth-order valence-corrected chi connectivity index (χ4v) is 3.45. The number of rotatable bonds is 9. The SMILES string of the molecule is CC(=O)N(C)CCOc1cccc2ncnc(Nc3ccc(OCc4ccccn4)c(Cl)c3)c12. The number of fused-ring (bicyclic) bond motifs is 1. The number of ether oxygens (including phenoxy) is 2. The molecule has 1 amide bonds. The van der Waals surface area contributed by atoms with Gasteiger partial charge in [-0.3, -0.25) is 9.78 Å². The van der Waals surface area contributed by atoms with Gasteiger partial charge in [0.05, 0.1) is 28.2 Å². The Hall–Kier alpha value is -3.91. The number of pyridine rings is 1. The summed E-state index contributed by atoms with van der Waals surface area (Å²) in [6.45, 7) is 2.66. The molecule has 2 aromatic carbocycles. The van der Waals surface area contributed by atoms with E-state index in [0.717, 1.165) is 22.3 Å². The Kier molecular flexibility index (Phi) is 7.39. The minimum Gasteiger partial charge on any atom is -0.491 e. The first-order valence-electron chi connectivity index (χ1n) is 10.7. The zero-order valence-corrected chi connectivity index (χ0v) is 19.6. The highest BCUT2D eigenvalue weighted by atomic mass is 35.5. The molecule has 4 aromatic rings. The second-order valence-electron chi connectivity index (χ2n) is 7.54. The Bertz CT molecular complexity index is 1280. The van der Waals surface area contributed by atoms with E-state index in [0.29, 0.717) is 42.1 Å². The van der Waals surface area contributed by atoms with Crippen LogP contribution in [0.1, 0.15) is 12.6 Å². The van der Waals surface area contributed by atoms with Crippen molar-refractivity contribution >= 4 is 39.9 Å². The fraction of sp³-hybridized carbons (Fsp3) is 0.200. The van der Waals surface area contributed by atoms with Crippen molar-refractivity contribution in [1.82, 2.24) is 19.9 Å². The van der Waals surface area contributed by atoms with Gasteiger partial charge in [-0.05, 0) is 42.5 Å². The summed E-state index contributed by atoms with van der Waals surface area (Å²) < 4.78 is 11.8. The number of likely N-dealkylation sites (N-methyl/N-ethyl adjacent to an activating group) is 1. The van der Waals surface area contributed by atoms with Gasteiger partial charge in [-0.2, -0.15) is 0 Å². The molecule has 34 heavy (non-hydrogen) atoms. The molecule has 0 atom stereocenters. The topological polar surface area (TPSA) is 89.5 Å². The zero-order chi connectivity index (χ0) is 23.9. The Labute approximate surface area is 202 Å². The number of amides is 1. The molecule has 0 aliphatic rings. The van der Waals surface area contributed by atoms with Crippen LogP contribution in [0.4, 0.5) is 11.5 Å². The zero-order valence-electron chi connectivity index (χ0n) is 18.9. The predicted molar refractivity (Wildman–Crippen MR) is 132 cm³/mol. The van der Waals surface area contributed by atoms with Gasteiger partial charge in [0.2, 0.25) is 5.91 Å². The quantitative estimate of drug-likeness (QED) is 0.368. The average molecular weight is 478 g/mol. The van der Waals surface area contributed by atoms with Crippen LogP contribution in [0.2, 0.25) is 5.02 Å². The number of halogens is 1. The molecule has 174 valence electrons. The number of aromatic nitrogens is 3. The van der Waals surface area contributed by atoms with Gasteiger partial charge in [-0.15, -0.1) is 0 Å². The lowest BCUT2D eigenvalue weighted by atomic mass is 10.2. The highest BCUT2D eigenvalue weighted by Gasteiger charge is 2.12. The number of carbonyl (C=O) groups excluding carboxylic acids is 1. The van der Waals surface area contributed by atoms with Crippen LogP contribution in [-0.2, 0) is 11.4 Å². The van der Waals surface area contributed by atoms with Crippen LogP contribution in [0.25, 0.3) is 10.9 Å². The molecule has 2 heterocycles. The Morgan fingerprint density at radius 1 is 1.03 bits per heavy atom. The van der Waals surface area contributed by atoms with Crippen molar-refractivity contribution in [2.75, 3.05) is 25.5 Å². The van der Waals surface area contributed by atoms with E-state index >= 15 is 0 Å². The highest BCUT2D eigenvalue weighted by Crippen LogP contribution is 2.34. The molecule has 4 rings (SSSR count). The fourth-order valence-electron chi connectivity index (χ4n) is 3.21. The van der Waals surface area contributed by atoms with Crippen LogP contribution in [0.3, 0.4) is 0 Å². The van der Waals surface area contributed by atoms with Gasteiger partial charge >= 0.3 is 0 Å². The van der Waals surface area contributed by atoms with Gasteiger partial charge < -0.3 is 19.7 Å². The maximum Gasteiger partial charge on any atom is 0.219 e. The minimum absolute atomic E-state index is 0.0171. The summed E-state index contributed by atoms with van der Waals surface area (Å²) >= 11 is 6.46. The van der Waals surface area contributed by atoms with Crippen molar-refractivity contribution in [3.63, 3.8) is 0 Å². The van der Waals surface area contributed by atoms with Gasteiger partial charge in [0.25, 0.3) is 0 Å². The summed E-state index contributed by atoms with van der Waals surface area (Å²) in [5, 5.41) is 4.50. The lowest BCUT2D eigenvalue weighted by Crippen LogP contribution is -2.28. The average Bonchev–Trinajstić information content (AvgIpc) is 2.84. The molecule has 1 N–H and O–H groups in total. The second-order valence-corrected chi connectivity index (χ2v) is 7.95. The number of benzene rings is 2. The molecular formula is C25H24ClN5O3. The van der Waals surface area contributed by atoms with E-state index in [9.17, 15) is 4.79 Å². The van der Waals surface area contributed by atoms with E-state index in [-0.39, 0.29) is 5.91 Å². The smallest absolute Gasteiger partial charge is 0.219 e. The third-order valence-electron chi connectivity index (χ3n) is 5.14. The van der Waals surface area contributed by atoms with Crippen LogP contribution < -0.4 is 14.8 Å². The Morgan fingerprint density at radius 3 is 2.68 bits per heavy atom. The monoisotopic (exact) mass is 477 g/mol. The van der Waals surface area contributed by atoms with Crippen LogP contribution in [0.5, 0.6) is 11.5 Å². The van der Waals surface area contributed by atoms with Gasteiger partial charge in [0.1, 0.15) is 36.9 Å². The lowest BCUT2D eigenvalue weighted by molar-refractivity contribution is -0.127. The van der Waals surface area contributed by atoms with Crippen molar-refractivity contribution in [2.45, 2.75) is 13.5 Å². The molecule has 9 heteroatoms. The number of nitrogens with one attached hydrogen (secondary N) is 1. The van der Waals surface area contributed by atoms with Gasteiger partial charge in [-0.25, -0.2) is 9.97 Å². The number of anilines is 2. The van der Waals surface area contributed by atoms with Crippen molar-refractivity contribution in [2.24, 2.45) is 0 Å². The van der Waals surface area contributed by atoms with E-state index < -0.39 is 0 Å². The predicted octanol–water partition coefficient (Wildman–Crippen LogP) is 4.86. The Balaban J connectivity index is 1.51. The van der Waals surface area contributed by atoms with Crippen LogP contribution in [0.15, 0.2) is 67.1 Å². The van der Waals surface area contributed by atoms with Crippen LogP contribution in [0, 0.1) is 0 Å². The third-order valence-corrected chi connectivity index (χ3v) is 5.44. The maximum atomic E-state index is 11.4. The maximum absolute atomic E-state index is 11.4. The molecule has 0 saturated carbocycles. The Morgan fingerprint density at radius 2 is 1.91 bits per heavy atom. The molecule has 0 spiro atoms. The molecule has 0 unspecified atom stereocenters. The highest BCUT2D eigenvalue weighted by molar-refractivity contribution is 6.32. The van der Waals surface area contributed by atoms with Crippen molar-refractivity contribution in [1.29, 1.82) is 0 Å². The molecule has 0 saturated heterocycles. The van der Waals surface area contributed by atoms with Gasteiger partial charge in [0.15, 0.2) is 0 Å². The summed E-state index contributed by atoms with van der Waals surface area (Å²) in [6.07, 6.45) is 3.21. The summed E-state index contributed by atoms with van der Waals surface area (Å²) in [6, 6.07) is 16.7. The first-order chi connectivity index (χ1) is 16.5. The minimum atomic E-state index is -0.0171. The van der Waals surface area contributed by atoms with Gasteiger partial charge in [0, 0.05) is 25.9 Å². The number of hydrogen-bond acceptors (Lipinski definition) is 7. The second kappa shape index (κ2) is 10.8. The van der Waals surface area contributed by atoms with Crippen LogP contribution >= 0.6 is 11.6 Å². The summed E-state index contributed by atoms with van der Waals surface area (Å²) in [5.74, 6) is 1.75. The van der Waals surface area contributed by atoms with Crippen molar-refractivity contribution < 1.29 is 14.3 Å². The van der Waals surface area contributed by atoms with Crippen molar-refractivity contribution in [3.8, 4) is 11.5 Å². The largest absolute Gasteiger partial charge is 0.491 e. The first-order valence-corrected chi connectivity index (χ1v) is 11.1. The normalized spacial score (nSPS) is 10.7. The summed E-state index contributed by atoms with van der Waals surface area (Å²) in [4.78, 5) is 26.0. The summed E-state index contributed by atoms with van der Waals surface area (Å²) in [7, 11) is 1.73. The van der Waals surface area contributed by atoms with E-state index in [1.165, 1.54) is 13.3 Å². The van der Waals surface area contributed by atoms with Crippen LogP contribution in [-0.4, -0.2) is 46.0 Å². The van der Waals surface area contributed by atoms with E-state index in [2.05, 4.69) is 20.3 Å². The third kappa shape index (κ3) is 5.71. The summed E-state index contributed by atoms with van der Waals surface area (Å²) in [5.41, 5.74) is 2.29. The number of hydrogen-bond donors (Lipinski definition) is 1. The molecule has 0 aliphatic carbocycles. The first kappa shape index (κ1) is 23.3. The molecule has 8 nitrogen and oxygen atoms in total. The molecule has 0 bridgehead atoms. The molecular weight excluding hydrogens is 454 g/mol. The molecule has 2 aromatic heterocycles. The molecule has 0 fully saturated rings. The van der Waals surface area contributed by atoms with E-state index in [1.54, 1.807) is 30.3 Å². The van der Waals surface area contributed by atoms with E-state index in [4.69, 9.17) is 21.1 Å². The lowest BCUT2D eigenvalue weighted by Gasteiger charge is -2.17. The molecule has 0 aliphatic heterocycles. The van der Waals surface area contributed by atoms with Crippen molar-refractivity contribution in [3.05, 3.63) is 77.8 Å². The van der Waals surface area contributed by atoms with Gasteiger partial charge in [-0.1, -0.05) is 23.7 Å². The number of nitrogens with zero attached hydrogens (tertiary/aromatic N) is 4.